The van der Waals surface area contributed by atoms with Gasteiger partial charge in [-0.2, -0.15) is 5.10 Å². The Balaban J connectivity index is 1.96. The lowest BCUT2D eigenvalue weighted by Gasteiger charge is -2.25. The van der Waals surface area contributed by atoms with Gasteiger partial charge >= 0.3 is 0 Å². The largest absolute Gasteiger partial charge is 0.258 e. The van der Waals surface area contributed by atoms with Gasteiger partial charge in [-0.05, 0) is 51.1 Å². The monoisotopic (exact) mass is 378 g/mol. The molecular formula is C24H30N2S. The molecule has 0 aliphatic carbocycles. The van der Waals surface area contributed by atoms with Crippen molar-refractivity contribution in [2.45, 2.75) is 52.4 Å². The van der Waals surface area contributed by atoms with E-state index in [1.165, 1.54) is 26.8 Å². The molecule has 0 saturated carbocycles. The summed E-state index contributed by atoms with van der Waals surface area (Å²) >= 11 is 1.77. The predicted molar refractivity (Wildman–Crippen MR) is 122 cm³/mol. The van der Waals surface area contributed by atoms with Crippen molar-refractivity contribution in [3.8, 4) is 0 Å². The third kappa shape index (κ3) is 4.41. The number of anilines is 1. The summed E-state index contributed by atoms with van der Waals surface area (Å²) in [4.78, 5) is 0. The number of hydrazone groups is 1. The maximum atomic E-state index is 4.78. The van der Waals surface area contributed by atoms with Crippen LogP contribution >= 0.6 is 11.3 Å². The Kier molecular flexibility index (Phi) is 5.18. The van der Waals surface area contributed by atoms with Crippen molar-refractivity contribution < 1.29 is 0 Å². The van der Waals surface area contributed by atoms with E-state index in [1.54, 1.807) is 11.3 Å². The Morgan fingerprint density at radius 1 is 0.889 bits per heavy atom. The molecule has 0 aliphatic rings. The van der Waals surface area contributed by atoms with E-state index in [-0.39, 0.29) is 10.8 Å². The van der Waals surface area contributed by atoms with Crippen LogP contribution in [0.2, 0.25) is 0 Å². The molecule has 2 aromatic carbocycles. The van der Waals surface area contributed by atoms with Crippen LogP contribution in [0.25, 0.3) is 10.1 Å². The highest BCUT2D eigenvalue weighted by molar-refractivity contribution is 7.22. The van der Waals surface area contributed by atoms with Gasteiger partial charge in [-0.15, -0.1) is 11.3 Å². The Morgan fingerprint density at radius 2 is 1.59 bits per heavy atom. The molecule has 1 aromatic heterocycles. The maximum Gasteiger partial charge on any atom is 0.113 e. The van der Waals surface area contributed by atoms with Crippen LogP contribution in [0.5, 0.6) is 0 Å². The van der Waals surface area contributed by atoms with Crippen molar-refractivity contribution in [1.29, 1.82) is 0 Å². The van der Waals surface area contributed by atoms with Crippen LogP contribution in [0.4, 0.5) is 5.00 Å². The van der Waals surface area contributed by atoms with Crippen LogP contribution in [0, 0.1) is 0 Å². The minimum absolute atomic E-state index is 0.0773. The lowest BCUT2D eigenvalue weighted by Crippen LogP contribution is -2.18. The summed E-state index contributed by atoms with van der Waals surface area (Å²) in [5.41, 5.74) is 4.05. The van der Waals surface area contributed by atoms with Gasteiger partial charge in [-0.3, -0.25) is 5.01 Å². The number of rotatable bonds is 3. The summed E-state index contributed by atoms with van der Waals surface area (Å²) in [7, 11) is 2.02. The molecule has 142 valence electrons. The maximum absolute atomic E-state index is 4.78. The zero-order chi connectivity index (χ0) is 19.8. The van der Waals surface area contributed by atoms with E-state index in [4.69, 9.17) is 5.10 Å². The topological polar surface area (TPSA) is 15.6 Å². The molecule has 0 saturated heterocycles. The molecule has 0 radical (unpaired) electrons. The smallest absolute Gasteiger partial charge is 0.113 e. The van der Waals surface area contributed by atoms with Crippen LogP contribution in [0.1, 0.15) is 58.2 Å². The molecule has 3 rings (SSSR count). The summed E-state index contributed by atoms with van der Waals surface area (Å²) in [5.74, 6) is 0. The summed E-state index contributed by atoms with van der Waals surface area (Å²) < 4.78 is 1.29. The lowest BCUT2D eigenvalue weighted by atomic mass is 9.79. The van der Waals surface area contributed by atoms with E-state index in [2.05, 4.69) is 90.1 Å². The molecular weight excluding hydrogens is 348 g/mol. The summed E-state index contributed by atoms with van der Waals surface area (Å²) in [6.45, 7) is 13.5. The lowest BCUT2D eigenvalue weighted by molar-refractivity contribution is 0.576. The quantitative estimate of drug-likeness (QED) is 0.355. The van der Waals surface area contributed by atoms with Gasteiger partial charge in [0.1, 0.15) is 5.00 Å². The first-order valence-corrected chi connectivity index (χ1v) is 10.3. The molecule has 0 bridgehead atoms. The third-order valence-corrected chi connectivity index (χ3v) is 6.01. The van der Waals surface area contributed by atoms with Crippen LogP contribution in [0.3, 0.4) is 0 Å². The standard InChI is InChI=1S/C24H30N2S/c1-23(2,3)19-12-13-20(24(4,5)6)18(14-19)16-25-26(7)22-15-17-10-8-9-11-21(17)27-22/h8-16H,1-7H3/b25-16+. The van der Waals surface area contributed by atoms with Gasteiger partial charge in [0.15, 0.2) is 0 Å². The first-order valence-electron chi connectivity index (χ1n) is 9.47. The van der Waals surface area contributed by atoms with Gasteiger partial charge < -0.3 is 0 Å². The second kappa shape index (κ2) is 7.12. The summed E-state index contributed by atoms with van der Waals surface area (Å²) in [6, 6.07) is 17.5. The highest BCUT2D eigenvalue weighted by Crippen LogP contribution is 2.33. The number of hydrogen-bond donors (Lipinski definition) is 0. The predicted octanol–water partition coefficient (Wildman–Crippen LogP) is 6.97. The second-order valence-corrected chi connectivity index (χ2v) is 10.3. The Morgan fingerprint density at radius 3 is 2.22 bits per heavy atom. The van der Waals surface area contributed by atoms with Gasteiger partial charge in [0.05, 0.1) is 6.21 Å². The van der Waals surface area contributed by atoms with E-state index in [1.807, 2.05) is 18.3 Å². The van der Waals surface area contributed by atoms with Crippen molar-refractivity contribution in [3.05, 3.63) is 65.2 Å². The number of thiophene rings is 1. The first-order chi connectivity index (χ1) is 12.6. The van der Waals surface area contributed by atoms with Gasteiger partial charge in [0.2, 0.25) is 0 Å². The number of fused-ring (bicyclic) bond motifs is 1. The Labute approximate surface area is 167 Å². The van der Waals surface area contributed by atoms with E-state index < -0.39 is 0 Å². The third-order valence-electron chi connectivity index (χ3n) is 4.83. The zero-order valence-corrected chi connectivity index (χ0v) is 18.3. The fraction of sp³-hybridized carbons (Fsp3) is 0.375. The molecule has 0 spiro atoms. The minimum atomic E-state index is 0.0773. The highest BCUT2D eigenvalue weighted by Gasteiger charge is 2.21. The molecule has 3 aromatic rings. The molecule has 1 heterocycles. The van der Waals surface area contributed by atoms with Crippen LogP contribution in [-0.4, -0.2) is 13.3 Å². The SMILES string of the molecule is CN(/N=C/c1cc(C(C)(C)C)ccc1C(C)(C)C)c1cc2ccccc2s1. The van der Waals surface area contributed by atoms with E-state index in [0.29, 0.717) is 0 Å². The zero-order valence-electron chi connectivity index (χ0n) is 17.5. The average Bonchev–Trinajstić information content (AvgIpc) is 3.02. The first kappa shape index (κ1) is 19.6. The van der Waals surface area contributed by atoms with Crippen LogP contribution < -0.4 is 5.01 Å². The van der Waals surface area contributed by atoms with Gasteiger partial charge in [-0.25, -0.2) is 0 Å². The fourth-order valence-electron chi connectivity index (χ4n) is 3.15. The molecule has 0 aliphatic heterocycles. The second-order valence-electron chi connectivity index (χ2n) is 9.19. The average molecular weight is 379 g/mol. The Bertz CT molecular complexity index is 935. The molecule has 2 nitrogen and oxygen atoms in total. The molecule has 0 amide bonds. The van der Waals surface area contributed by atoms with Crippen molar-refractivity contribution in [1.82, 2.24) is 0 Å². The molecule has 0 fully saturated rings. The minimum Gasteiger partial charge on any atom is -0.258 e. The van der Waals surface area contributed by atoms with Crippen LogP contribution in [0.15, 0.2) is 53.6 Å². The van der Waals surface area contributed by atoms with E-state index in [9.17, 15) is 0 Å². The molecule has 3 heteroatoms. The summed E-state index contributed by atoms with van der Waals surface area (Å²) in [5, 5.41) is 9.17. The van der Waals surface area contributed by atoms with Gasteiger partial charge in [0.25, 0.3) is 0 Å². The number of nitrogens with zero attached hydrogens (tertiary/aromatic N) is 2. The van der Waals surface area contributed by atoms with Gasteiger partial charge in [-0.1, -0.05) is 71.9 Å². The van der Waals surface area contributed by atoms with E-state index in [0.717, 1.165) is 5.00 Å². The van der Waals surface area contributed by atoms with Crippen molar-refractivity contribution in [2.24, 2.45) is 5.10 Å². The van der Waals surface area contributed by atoms with Crippen molar-refractivity contribution in [3.63, 3.8) is 0 Å². The summed E-state index contributed by atoms with van der Waals surface area (Å²) in [6.07, 6.45) is 2.01. The van der Waals surface area contributed by atoms with Crippen molar-refractivity contribution >= 4 is 32.6 Å². The van der Waals surface area contributed by atoms with Gasteiger partial charge in [0, 0.05) is 11.7 Å². The number of hydrogen-bond acceptors (Lipinski definition) is 3. The Hall–Kier alpha value is -2.13. The molecule has 0 atom stereocenters. The molecule has 0 unspecified atom stereocenters. The molecule has 27 heavy (non-hydrogen) atoms. The fourth-order valence-corrected chi connectivity index (χ4v) is 4.13. The normalized spacial score (nSPS) is 12.9. The van der Waals surface area contributed by atoms with Crippen molar-refractivity contribution in [2.75, 3.05) is 12.1 Å². The van der Waals surface area contributed by atoms with Crippen LogP contribution in [-0.2, 0) is 10.8 Å². The van der Waals surface area contributed by atoms with E-state index >= 15 is 0 Å². The number of benzene rings is 2. The highest BCUT2D eigenvalue weighted by atomic mass is 32.1. The molecule has 0 N–H and O–H groups in total.